The van der Waals surface area contributed by atoms with Crippen LogP contribution >= 0.6 is 11.6 Å². The Morgan fingerprint density at radius 1 is 1.33 bits per heavy atom. The monoisotopic (exact) mass is 221 g/mol. The van der Waals surface area contributed by atoms with Crippen molar-refractivity contribution in [2.45, 2.75) is 0 Å². The Kier molecular flexibility index (Phi) is 2.43. The highest BCUT2D eigenvalue weighted by molar-refractivity contribution is 6.30. The zero-order valence-corrected chi connectivity index (χ0v) is 8.48. The molecule has 4 nitrogen and oxygen atoms in total. The van der Waals surface area contributed by atoms with Crippen molar-refractivity contribution in [2.75, 3.05) is 0 Å². The van der Waals surface area contributed by atoms with Crippen molar-refractivity contribution in [1.82, 2.24) is 9.55 Å². The molecular formula is C10H8ClN3O. The highest BCUT2D eigenvalue weighted by Gasteiger charge is 2.04. The topological polar surface area (TPSA) is 60.9 Å². The van der Waals surface area contributed by atoms with E-state index < -0.39 is 5.91 Å². The van der Waals surface area contributed by atoms with Crippen LogP contribution in [0.4, 0.5) is 0 Å². The summed E-state index contributed by atoms with van der Waals surface area (Å²) in [4.78, 5) is 14.7. The van der Waals surface area contributed by atoms with E-state index in [1.54, 1.807) is 22.9 Å². The standard InChI is InChI=1S/C10H8ClN3O/c11-7-1-3-8(4-2-7)14-5-9(10(12)15)13-6-14/h1-6H,(H2,12,15). The SMILES string of the molecule is NC(=O)c1cn(-c2ccc(Cl)cc2)cn1. The average Bonchev–Trinajstić information content (AvgIpc) is 2.68. The molecule has 0 saturated heterocycles. The molecule has 0 unspecified atom stereocenters. The number of rotatable bonds is 2. The number of nitrogens with zero attached hydrogens (tertiary/aromatic N) is 2. The molecule has 0 radical (unpaired) electrons. The summed E-state index contributed by atoms with van der Waals surface area (Å²) in [6, 6.07) is 7.19. The van der Waals surface area contributed by atoms with Crippen LogP contribution in [0.15, 0.2) is 36.8 Å². The first-order valence-electron chi connectivity index (χ1n) is 4.26. The number of carbonyl (C=O) groups is 1. The maximum absolute atomic E-state index is 10.8. The molecule has 0 spiro atoms. The number of imidazole rings is 1. The summed E-state index contributed by atoms with van der Waals surface area (Å²) >= 11 is 5.76. The first kappa shape index (κ1) is 9.73. The van der Waals surface area contributed by atoms with E-state index in [-0.39, 0.29) is 5.69 Å². The number of hydrogen-bond donors (Lipinski definition) is 1. The van der Waals surface area contributed by atoms with Gasteiger partial charge in [0.25, 0.3) is 5.91 Å². The molecule has 2 rings (SSSR count). The van der Waals surface area contributed by atoms with Crippen LogP contribution in [0.25, 0.3) is 5.69 Å². The first-order chi connectivity index (χ1) is 7.16. The molecule has 1 amide bonds. The molecule has 1 aromatic heterocycles. The molecule has 1 aromatic carbocycles. The van der Waals surface area contributed by atoms with Gasteiger partial charge in [0.05, 0.1) is 0 Å². The zero-order valence-electron chi connectivity index (χ0n) is 7.72. The smallest absolute Gasteiger partial charge is 0.268 e. The quantitative estimate of drug-likeness (QED) is 0.838. The van der Waals surface area contributed by atoms with Gasteiger partial charge in [0.1, 0.15) is 12.0 Å². The van der Waals surface area contributed by atoms with Gasteiger partial charge in [0.2, 0.25) is 0 Å². The molecule has 0 aliphatic rings. The fourth-order valence-corrected chi connectivity index (χ4v) is 1.33. The summed E-state index contributed by atoms with van der Waals surface area (Å²) in [6.07, 6.45) is 3.11. The van der Waals surface area contributed by atoms with Crippen LogP contribution in [0, 0.1) is 0 Å². The van der Waals surface area contributed by atoms with Crippen molar-refractivity contribution in [3.05, 3.63) is 47.5 Å². The van der Waals surface area contributed by atoms with E-state index in [1.807, 2.05) is 12.1 Å². The minimum Gasteiger partial charge on any atom is -0.364 e. The lowest BCUT2D eigenvalue weighted by Gasteiger charge is -2.00. The third-order valence-electron chi connectivity index (χ3n) is 1.96. The first-order valence-corrected chi connectivity index (χ1v) is 4.64. The van der Waals surface area contributed by atoms with Gasteiger partial charge in [0.15, 0.2) is 0 Å². The Hall–Kier alpha value is -1.81. The largest absolute Gasteiger partial charge is 0.364 e. The summed E-state index contributed by atoms with van der Waals surface area (Å²) in [6.45, 7) is 0. The molecule has 0 fully saturated rings. The zero-order chi connectivity index (χ0) is 10.8. The summed E-state index contributed by atoms with van der Waals surface area (Å²) in [5, 5.41) is 0.661. The number of hydrogen-bond acceptors (Lipinski definition) is 2. The summed E-state index contributed by atoms with van der Waals surface area (Å²) in [5.74, 6) is -0.539. The summed E-state index contributed by atoms with van der Waals surface area (Å²) in [5.41, 5.74) is 6.21. The number of benzene rings is 1. The molecule has 5 heteroatoms. The normalized spacial score (nSPS) is 10.2. The van der Waals surface area contributed by atoms with Crippen molar-refractivity contribution in [3.63, 3.8) is 0 Å². The molecule has 1 heterocycles. The second-order valence-corrected chi connectivity index (χ2v) is 3.44. The Morgan fingerprint density at radius 2 is 2.00 bits per heavy atom. The van der Waals surface area contributed by atoms with Crippen LogP contribution in [0.3, 0.4) is 0 Å². The van der Waals surface area contributed by atoms with E-state index in [4.69, 9.17) is 17.3 Å². The van der Waals surface area contributed by atoms with E-state index >= 15 is 0 Å². The molecule has 2 aromatic rings. The highest BCUT2D eigenvalue weighted by Crippen LogP contribution is 2.13. The van der Waals surface area contributed by atoms with Crippen molar-refractivity contribution in [1.29, 1.82) is 0 Å². The third kappa shape index (κ3) is 1.99. The maximum Gasteiger partial charge on any atom is 0.268 e. The molecule has 15 heavy (non-hydrogen) atoms. The van der Waals surface area contributed by atoms with E-state index in [2.05, 4.69) is 4.98 Å². The Labute approximate surface area is 91.3 Å². The van der Waals surface area contributed by atoms with Crippen LogP contribution in [0.2, 0.25) is 5.02 Å². The maximum atomic E-state index is 10.8. The lowest BCUT2D eigenvalue weighted by atomic mass is 10.3. The number of carbonyl (C=O) groups excluding carboxylic acids is 1. The minimum absolute atomic E-state index is 0.241. The number of amides is 1. The summed E-state index contributed by atoms with van der Waals surface area (Å²) < 4.78 is 1.70. The van der Waals surface area contributed by atoms with Gasteiger partial charge in [-0.2, -0.15) is 0 Å². The highest BCUT2D eigenvalue weighted by atomic mass is 35.5. The molecule has 0 aliphatic heterocycles. The third-order valence-corrected chi connectivity index (χ3v) is 2.21. The molecule has 2 N–H and O–H groups in total. The Balaban J connectivity index is 2.37. The Bertz CT molecular complexity index is 490. The molecule has 76 valence electrons. The fourth-order valence-electron chi connectivity index (χ4n) is 1.20. The molecule has 0 saturated carbocycles. The van der Waals surface area contributed by atoms with Gasteiger partial charge in [-0.3, -0.25) is 4.79 Å². The van der Waals surface area contributed by atoms with Crippen LogP contribution in [0.1, 0.15) is 10.5 Å². The summed E-state index contributed by atoms with van der Waals surface area (Å²) in [7, 11) is 0. The van der Waals surface area contributed by atoms with Crippen LogP contribution in [-0.4, -0.2) is 15.5 Å². The number of primary amides is 1. The number of nitrogens with two attached hydrogens (primary N) is 1. The molecule has 0 bridgehead atoms. The second kappa shape index (κ2) is 3.74. The second-order valence-electron chi connectivity index (χ2n) is 3.01. The van der Waals surface area contributed by atoms with E-state index in [0.717, 1.165) is 5.69 Å². The predicted molar refractivity (Wildman–Crippen MR) is 57.1 cm³/mol. The van der Waals surface area contributed by atoms with Gasteiger partial charge < -0.3 is 10.3 Å². The predicted octanol–water partition coefficient (Wildman–Crippen LogP) is 1.62. The Morgan fingerprint density at radius 3 is 2.53 bits per heavy atom. The number of aromatic nitrogens is 2. The van der Waals surface area contributed by atoms with Gasteiger partial charge >= 0.3 is 0 Å². The van der Waals surface area contributed by atoms with Gasteiger partial charge in [-0.05, 0) is 24.3 Å². The van der Waals surface area contributed by atoms with Crippen LogP contribution in [-0.2, 0) is 0 Å². The van der Waals surface area contributed by atoms with Gasteiger partial charge in [-0.15, -0.1) is 0 Å². The van der Waals surface area contributed by atoms with Crippen LogP contribution < -0.4 is 5.73 Å². The van der Waals surface area contributed by atoms with Gasteiger partial charge in [-0.25, -0.2) is 4.98 Å². The van der Waals surface area contributed by atoms with Gasteiger partial charge in [0, 0.05) is 16.9 Å². The van der Waals surface area contributed by atoms with Crippen molar-refractivity contribution in [2.24, 2.45) is 5.73 Å². The van der Waals surface area contributed by atoms with Crippen LogP contribution in [0.5, 0.6) is 0 Å². The van der Waals surface area contributed by atoms with Crippen molar-refractivity contribution >= 4 is 17.5 Å². The molecular weight excluding hydrogens is 214 g/mol. The van der Waals surface area contributed by atoms with E-state index in [1.165, 1.54) is 6.33 Å². The van der Waals surface area contributed by atoms with Crippen molar-refractivity contribution in [3.8, 4) is 5.69 Å². The van der Waals surface area contributed by atoms with E-state index in [9.17, 15) is 4.79 Å². The average molecular weight is 222 g/mol. The molecule has 0 atom stereocenters. The van der Waals surface area contributed by atoms with Gasteiger partial charge in [-0.1, -0.05) is 11.6 Å². The van der Waals surface area contributed by atoms with Crippen molar-refractivity contribution < 1.29 is 4.79 Å². The minimum atomic E-state index is -0.539. The fraction of sp³-hybridized carbons (Fsp3) is 0. The molecule has 0 aliphatic carbocycles. The number of halogens is 1. The lowest BCUT2D eigenvalue weighted by molar-refractivity contribution is 0.0996. The lowest BCUT2D eigenvalue weighted by Crippen LogP contribution is -2.10. The van der Waals surface area contributed by atoms with E-state index in [0.29, 0.717) is 5.02 Å².